The molecule has 0 saturated carbocycles. The minimum atomic E-state index is -0.494. The van der Waals surface area contributed by atoms with Gasteiger partial charge in [0.25, 0.3) is 0 Å². The molecule has 1 N–H and O–H groups in total. The van der Waals surface area contributed by atoms with Crippen molar-refractivity contribution in [3.63, 3.8) is 0 Å². The standard InChI is InChI=1S/C16H17N3O2/c1-18(2)16(21)19(14-11-7-4-8-12-14)15(20)17-13-9-5-3-6-10-13/h3-12H,1-2H3,(H,17,20). The number of urea groups is 2. The lowest BCUT2D eigenvalue weighted by molar-refractivity contribution is 0.221. The molecule has 0 aliphatic heterocycles. The Morgan fingerprint density at radius 2 is 1.38 bits per heavy atom. The molecule has 2 aromatic carbocycles. The zero-order valence-electron chi connectivity index (χ0n) is 12.0. The molecule has 2 rings (SSSR count). The van der Waals surface area contributed by atoms with Crippen molar-refractivity contribution < 1.29 is 9.59 Å². The van der Waals surface area contributed by atoms with Crippen molar-refractivity contribution in [2.45, 2.75) is 0 Å². The average Bonchev–Trinajstić information content (AvgIpc) is 2.49. The van der Waals surface area contributed by atoms with Crippen molar-refractivity contribution >= 4 is 23.4 Å². The number of nitrogens with zero attached hydrogens (tertiary/aromatic N) is 2. The molecule has 0 aliphatic rings. The molecule has 0 bridgehead atoms. The highest BCUT2D eigenvalue weighted by molar-refractivity contribution is 6.17. The van der Waals surface area contributed by atoms with Crippen LogP contribution < -0.4 is 10.2 Å². The van der Waals surface area contributed by atoms with E-state index in [9.17, 15) is 9.59 Å². The second kappa shape index (κ2) is 6.56. The summed E-state index contributed by atoms with van der Waals surface area (Å²) in [6, 6.07) is 16.9. The number of anilines is 2. The summed E-state index contributed by atoms with van der Waals surface area (Å²) in [6.45, 7) is 0. The van der Waals surface area contributed by atoms with E-state index in [0.717, 1.165) is 4.90 Å². The maximum Gasteiger partial charge on any atom is 0.334 e. The largest absolute Gasteiger partial charge is 0.334 e. The summed E-state index contributed by atoms with van der Waals surface area (Å²) in [5.74, 6) is 0. The summed E-state index contributed by atoms with van der Waals surface area (Å²) in [6.07, 6.45) is 0. The average molecular weight is 283 g/mol. The van der Waals surface area contributed by atoms with Crippen molar-refractivity contribution in [2.24, 2.45) is 0 Å². The summed E-state index contributed by atoms with van der Waals surface area (Å²) < 4.78 is 0. The van der Waals surface area contributed by atoms with Crippen LogP contribution >= 0.6 is 0 Å². The van der Waals surface area contributed by atoms with E-state index < -0.39 is 12.1 Å². The lowest BCUT2D eigenvalue weighted by atomic mass is 10.3. The minimum Gasteiger partial charge on any atom is -0.330 e. The van der Waals surface area contributed by atoms with E-state index in [2.05, 4.69) is 5.32 Å². The number of rotatable bonds is 2. The summed E-state index contributed by atoms with van der Waals surface area (Å²) in [5, 5.41) is 2.72. The Labute approximate surface area is 123 Å². The van der Waals surface area contributed by atoms with E-state index in [1.165, 1.54) is 4.90 Å². The maximum absolute atomic E-state index is 12.4. The molecule has 108 valence electrons. The molecule has 0 atom stereocenters. The normalized spacial score (nSPS) is 9.81. The van der Waals surface area contributed by atoms with Gasteiger partial charge in [-0.15, -0.1) is 0 Å². The van der Waals surface area contributed by atoms with Crippen LogP contribution in [0, 0.1) is 0 Å². The Morgan fingerprint density at radius 3 is 1.90 bits per heavy atom. The van der Waals surface area contributed by atoms with E-state index in [4.69, 9.17) is 0 Å². The van der Waals surface area contributed by atoms with Gasteiger partial charge in [-0.1, -0.05) is 36.4 Å². The molecule has 0 heterocycles. The summed E-state index contributed by atoms with van der Waals surface area (Å²) in [4.78, 5) is 27.2. The quantitative estimate of drug-likeness (QED) is 0.918. The van der Waals surface area contributed by atoms with Gasteiger partial charge in [0.15, 0.2) is 0 Å². The molecule has 0 radical (unpaired) electrons. The third kappa shape index (κ3) is 3.60. The van der Waals surface area contributed by atoms with Crippen LogP contribution in [-0.2, 0) is 0 Å². The summed E-state index contributed by atoms with van der Waals surface area (Å²) >= 11 is 0. The molecule has 5 nitrogen and oxygen atoms in total. The molecule has 4 amide bonds. The molecular formula is C16H17N3O2. The van der Waals surface area contributed by atoms with Gasteiger partial charge in [0.1, 0.15) is 0 Å². The summed E-state index contributed by atoms with van der Waals surface area (Å²) in [7, 11) is 3.21. The fraction of sp³-hybridized carbons (Fsp3) is 0.125. The van der Waals surface area contributed by atoms with E-state index >= 15 is 0 Å². The molecular weight excluding hydrogens is 266 g/mol. The number of para-hydroxylation sites is 2. The third-order valence-electron chi connectivity index (χ3n) is 2.82. The second-order valence-corrected chi connectivity index (χ2v) is 4.64. The van der Waals surface area contributed by atoms with Crippen LogP contribution in [0.2, 0.25) is 0 Å². The van der Waals surface area contributed by atoms with Crippen LogP contribution in [0.4, 0.5) is 21.0 Å². The highest BCUT2D eigenvalue weighted by Crippen LogP contribution is 2.17. The number of carbonyl (C=O) groups is 2. The third-order valence-corrected chi connectivity index (χ3v) is 2.82. The van der Waals surface area contributed by atoms with Gasteiger partial charge >= 0.3 is 12.1 Å². The predicted molar refractivity (Wildman–Crippen MR) is 83.5 cm³/mol. The zero-order chi connectivity index (χ0) is 15.2. The van der Waals surface area contributed by atoms with Gasteiger partial charge in [0.05, 0.1) is 5.69 Å². The van der Waals surface area contributed by atoms with Crippen molar-refractivity contribution in [3.05, 3.63) is 60.7 Å². The number of benzene rings is 2. The molecule has 0 fully saturated rings. The van der Waals surface area contributed by atoms with E-state index in [1.807, 2.05) is 24.3 Å². The number of amides is 4. The van der Waals surface area contributed by atoms with Gasteiger partial charge in [-0.3, -0.25) is 0 Å². The van der Waals surface area contributed by atoms with Crippen LogP contribution in [0.3, 0.4) is 0 Å². The first-order valence-electron chi connectivity index (χ1n) is 6.52. The molecule has 0 spiro atoms. The fourth-order valence-corrected chi connectivity index (χ4v) is 1.79. The first-order chi connectivity index (χ1) is 10.1. The molecule has 5 heteroatoms. The lowest BCUT2D eigenvalue weighted by Gasteiger charge is -2.24. The highest BCUT2D eigenvalue weighted by atomic mass is 16.2. The van der Waals surface area contributed by atoms with Gasteiger partial charge in [-0.25, -0.2) is 14.5 Å². The predicted octanol–water partition coefficient (Wildman–Crippen LogP) is 3.41. The van der Waals surface area contributed by atoms with Crippen LogP contribution in [0.15, 0.2) is 60.7 Å². The van der Waals surface area contributed by atoms with E-state index in [-0.39, 0.29) is 0 Å². The Bertz CT molecular complexity index is 612. The van der Waals surface area contributed by atoms with Crippen molar-refractivity contribution in [1.29, 1.82) is 0 Å². The van der Waals surface area contributed by atoms with Crippen molar-refractivity contribution in [1.82, 2.24) is 4.90 Å². The van der Waals surface area contributed by atoms with Crippen LogP contribution in [0.1, 0.15) is 0 Å². The van der Waals surface area contributed by atoms with Crippen LogP contribution in [0.25, 0.3) is 0 Å². The van der Waals surface area contributed by atoms with Crippen LogP contribution in [-0.4, -0.2) is 31.1 Å². The second-order valence-electron chi connectivity index (χ2n) is 4.64. The van der Waals surface area contributed by atoms with Gasteiger partial charge in [-0.05, 0) is 24.3 Å². The first-order valence-corrected chi connectivity index (χ1v) is 6.52. The smallest absolute Gasteiger partial charge is 0.330 e. The Kier molecular flexibility index (Phi) is 4.56. The maximum atomic E-state index is 12.4. The monoisotopic (exact) mass is 283 g/mol. The summed E-state index contributed by atoms with van der Waals surface area (Å²) in [5.41, 5.74) is 1.15. The molecule has 21 heavy (non-hydrogen) atoms. The number of hydrogen-bond acceptors (Lipinski definition) is 2. The van der Waals surface area contributed by atoms with Crippen molar-refractivity contribution in [3.8, 4) is 0 Å². The van der Waals surface area contributed by atoms with Gasteiger partial charge in [0, 0.05) is 19.8 Å². The van der Waals surface area contributed by atoms with Gasteiger partial charge < -0.3 is 10.2 Å². The Balaban J connectivity index is 2.27. The number of nitrogens with one attached hydrogen (secondary N) is 1. The topological polar surface area (TPSA) is 52.7 Å². The fourth-order valence-electron chi connectivity index (χ4n) is 1.79. The lowest BCUT2D eigenvalue weighted by Crippen LogP contribution is -2.45. The van der Waals surface area contributed by atoms with Gasteiger partial charge in [-0.2, -0.15) is 0 Å². The number of carbonyl (C=O) groups excluding carboxylic acids is 2. The SMILES string of the molecule is CN(C)C(=O)N(C(=O)Nc1ccccc1)c1ccccc1. The van der Waals surface area contributed by atoms with Crippen molar-refractivity contribution in [2.75, 3.05) is 24.3 Å². The van der Waals surface area contributed by atoms with Crippen LogP contribution in [0.5, 0.6) is 0 Å². The van der Waals surface area contributed by atoms with Gasteiger partial charge in [0.2, 0.25) is 0 Å². The number of hydrogen-bond donors (Lipinski definition) is 1. The zero-order valence-corrected chi connectivity index (χ0v) is 12.0. The minimum absolute atomic E-state index is 0.408. The Morgan fingerprint density at radius 1 is 0.857 bits per heavy atom. The highest BCUT2D eigenvalue weighted by Gasteiger charge is 2.24. The molecule has 2 aromatic rings. The first kappa shape index (κ1) is 14.6. The van der Waals surface area contributed by atoms with E-state index in [0.29, 0.717) is 11.4 Å². The Hall–Kier alpha value is -2.82. The molecule has 0 aliphatic carbocycles. The molecule has 0 saturated heterocycles. The number of imide groups is 1. The van der Waals surface area contributed by atoms with E-state index in [1.54, 1.807) is 50.5 Å². The molecule has 0 aromatic heterocycles. The molecule has 0 unspecified atom stereocenters.